The van der Waals surface area contributed by atoms with Crippen molar-refractivity contribution in [3.63, 3.8) is 0 Å². The average Bonchev–Trinajstić information content (AvgIpc) is 2.25. The summed E-state index contributed by atoms with van der Waals surface area (Å²) < 4.78 is 5.06. The SMILES string of the molecule is COCCC(C)C(N)c1cccnc1C. The number of pyridine rings is 1. The summed E-state index contributed by atoms with van der Waals surface area (Å²) in [4.78, 5) is 4.25. The van der Waals surface area contributed by atoms with E-state index in [4.69, 9.17) is 10.5 Å². The highest BCUT2D eigenvalue weighted by Gasteiger charge is 2.16. The second-order valence-electron chi connectivity index (χ2n) is 3.96. The Kier molecular flexibility index (Phi) is 4.72. The van der Waals surface area contributed by atoms with Gasteiger partial charge in [-0.2, -0.15) is 0 Å². The lowest BCUT2D eigenvalue weighted by atomic mass is 9.92. The number of rotatable bonds is 5. The first kappa shape index (κ1) is 12.1. The van der Waals surface area contributed by atoms with Gasteiger partial charge in [-0.15, -0.1) is 0 Å². The highest BCUT2D eigenvalue weighted by Crippen LogP contribution is 2.23. The van der Waals surface area contributed by atoms with Crippen molar-refractivity contribution in [2.24, 2.45) is 11.7 Å². The lowest BCUT2D eigenvalue weighted by Gasteiger charge is -2.21. The number of hydrogen-bond donors (Lipinski definition) is 1. The van der Waals surface area contributed by atoms with Crippen molar-refractivity contribution in [2.75, 3.05) is 13.7 Å². The van der Waals surface area contributed by atoms with Gasteiger partial charge < -0.3 is 10.5 Å². The molecule has 3 heteroatoms. The summed E-state index contributed by atoms with van der Waals surface area (Å²) in [7, 11) is 1.72. The normalized spacial score (nSPS) is 14.9. The van der Waals surface area contributed by atoms with Gasteiger partial charge >= 0.3 is 0 Å². The molecule has 0 saturated heterocycles. The van der Waals surface area contributed by atoms with Crippen LogP contribution in [0.1, 0.15) is 30.6 Å². The molecule has 2 unspecified atom stereocenters. The van der Waals surface area contributed by atoms with Crippen LogP contribution in [0.3, 0.4) is 0 Å². The second kappa shape index (κ2) is 5.83. The Morgan fingerprint density at radius 1 is 1.53 bits per heavy atom. The molecule has 84 valence electrons. The van der Waals surface area contributed by atoms with E-state index in [9.17, 15) is 0 Å². The first-order valence-electron chi connectivity index (χ1n) is 5.33. The van der Waals surface area contributed by atoms with Crippen LogP contribution in [0.5, 0.6) is 0 Å². The molecule has 1 aromatic heterocycles. The minimum absolute atomic E-state index is 0.0499. The molecule has 2 atom stereocenters. The fourth-order valence-electron chi connectivity index (χ4n) is 1.64. The maximum absolute atomic E-state index is 6.18. The molecule has 0 aliphatic heterocycles. The predicted molar refractivity (Wildman–Crippen MR) is 61.6 cm³/mol. The molecule has 0 spiro atoms. The van der Waals surface area contributed by atoms with Crippen molar-refractivity contribution in [3.8, 4) is 0 Å². The summed E-state index contributed by atoms with van der Waals surface area (Å²) in [5, 5.41) is 0. The van der Waals surface area contributed by atoms with Crippen LogP contribution < -0.4 is 5.73 Å². The number of methoxy groups -OCH3 is 1. The summed E-state index contributed by atoms with van der Waals surface area (Å²) in [6.45, 7) is 4.91. The van der Waals surface area contributed by atoms with Crippen LogP contribution in [0, 0.1) is 12.8 Å². The minimum atomic E-state index is 0.0499. The molecule has 0 fully saturated rings. The van der Waals surface area contributed by atoms with Gasteiger partial charge in [-0.1, -0.05) is 13.0 Å². The van der Waals surface area contributed by atoms with E-state index in [2.05, 4.69) is 18.0 Å². The Labute approximate surface area is 91.7 Å². The number of aryl methyl sites for hydroxylation is 1. The van der Waals surface area contributed by atoms with Crippen molar-refractivity contribution in [1.82, 2.24) is 4.98 Å². The molecule has 1 aromatic rings. The van der Waals surface area contributed by atoms with Gasteiger partial charge in [-0.05, 0) is 30.9 Å². The molecule has 0 aromatic carbocycles. The van der Waals surface area contributed by atoms with Crippen LogP contribution in [0.15, 0.2) is 18.3 Å². The van der Waals surface area contributed by atoms with Crippen LogP contribution in [-0.2, 0) is 4.74 Å². The van der Waals surface area contributed by atoms with Gasteiger partial charge in [0.25, 0.3) is 0 Å². The standard InChI is InChI=1S/C12H20N2O/c1-9(6-8-15-3)12(13)11-5-4-7-14-10(11)2/h4-5,7,9,12H,6,8,13H2,1-3H3. The Morgan fingerprint density at radius 3 is 2.87 bits per heavy atom. The van der Waals surface area contributed by atoms with Crippen molar-refractivity contribution in [1.29, 1.82) is 0 Å². The van der Waals surface area contributed by atoms with E-state index in [1.54, 1.807) is 13.3 Å². The third kappa shape index (κ3) is 3.29. The number of aromatic nitrogens is 1. The number of hydrogen-bond acceptors (Lipinski definition) is 3. The zero-order valence-electron chi connectivity index (χ0n) is 9.73. The van der Waals surface area contributed by atoms with E-state index in [-0.39, 0.29) is 6.04 Å². The van der Waals surface area contributed by atoms with Crippen LogP contribution in [0.2, 0.25) is 0 Å². The lowest BCUT2D eigenvalue weighted by molar-refractivity contribution is 0.174. The predicted octanol–water partition coefficient (Wildman–Crippen LogP) is 2.06. The zero-order valence-corrected chi connectivity index (χ0v) is 9.73. The molecule has 0 aliphatic rings. The number of nitrogens with zero attached hydrogens (tertiary/aromatic N) is 1. The third-order valence-electron chi connectivity index (χ3n) is 2.80. The van der Waals surface area contributed by atoms with Crippen LogP contribution in [-0.4, -0.2) is 18.7 Å². The molecule has 15 heavy (non-hydrogen) atoms. The number of ether oxygens (including phenoxy) is 1. The Morgan fingerprint density at radius 2 is 2.27 bits per heavy atom. The van der Waals surface area contributed by atoms with E-state index in [0.717, 1.165) is 24.3 Å². The third-order valence-corrected chi connectivity index (χ3v) is 2.80. The fraction of sp³-hybridized carbons (Fsp3) is 0.583. The molecular formula is C12H20N2O. The molecular weight excluding hydrogens is 188 g/mol. The summed E-state index contributed by atoms with van der Waals surface area (Å²) in [5.41, 5.74) is 8.35. The smallest absolute Gasteiger partial charge is 0.0465 e. The molecule has 2 N–H and O–H groups in total. The quantitative estimate of drug-likeness (QED) is 0.805. The molecule has 0 aliphatic carbocycles. The van der Waals surface area contributed by atoms with Gasteiger partial charge in [-0.25, -0.2) is 0 Å². The second-order valence-corrected chi connectivity index (χ2v) is 3.96. The molecule has 1 rings (SSSR count). The average molecular weight is 208 g/mol. The van der Waals surface area contributed by atoms with E-state index in [0.29, 0.717) is 5.92 Å². The Bertz CT molecular complexity index is 301. The van der Waals surface area contributed by atoms with E-state index < -0.39 is 0 Å². The lowest BCUT2D eigenvalue weighted by Crippen LogP contribution is -2.21. The molecule has 1 heterocycles. The topological polar surface area (TPSA) is 48.1 Å². The highest BCUT2D eigenvalue weighted by atomic mass is 16.5. The Hall–Kier alpha value is -0.930. The first-order valence-corrected chi connectivity index (χ1v) is 5.33. The summed E-state index contributed by atoms with van der Waals surface area (Å²) in [6, 6.07) is 4.04. The van der Waals surface area contributed by atoms with Crippen molar-refractivity contribution >= 4 is 0 Å². The van der Waals surface area contributed by atoms with Crippen LogP contribution >= 0.6 is 0 Å². The van der Waals surface area contributed by atoms with Gasteiger partial charge in [0.1, 0.15) is 0 Å². The summed E-state index contributed by atoms with van der Waals surface area (Å²) in [5.74, 6) is 0.410. The fourth-order valence-corrected chi connectivity index (χ4v) is 1.64. The number of nitrogens with two attached hydrogens (primary N) is 1. The maximum Gasteiger partial charge on any atom is 0.0465 e. The summed E-state index contributed by atoms with van der Waals surface area (Å²) >= 11 is 0. The summed E-state index contributed by atoms with van der Waals surface area (Å²) in [6.07, 6.45) is 2.78. The van der Waals surface area contributed by atoms with Gasteiger partial charge in [0.2, 0.25) is 0 Å². The van der Waals surface area contributed by atoms with Gasteiger partial charge in [0.05, 0.1) is 0 Å². The molecule has 0 amide bonds. The molecule has 0 bridgehead atoms. The van der Waals surface area contributed by atoms with E-state index >= 15 is 0 Å². The molecule has 3 nitrogen and oxygen atoms in total. The van der Waals surface area contributed by atoms with Crippen molar-refractivity contribution in [2.45, 2.75) is 26.3 Å². The zero-order chi connectivity index (χ0) is 11.3. The van der Waals surface area contributed by atoms with Crippen molar-refractivity contribution < 1.29 is 4.74 Å². The monoisotopic (exact) mass is 208 g/mol. The van der Waals surface area contributed by atoms with Crippen LogP contribution in [0.25, 0.3) is 0 Å². The van der Waals surface area contributed by atoms with E-state index in [1.165, 1.54) is 0 Å². The molecule has 0 radical (unpaired) electrons. The largest absolute Gasteiger partial charge is 0.385 e. The highest BCUT2D eigenvalue weighted by molar-refractivity contribution is 5.22. The van der Waals surface area contributed by atoms with Crippen molar-refractivity contribution in [3.05, 3.63) is 29.6 Å². The first-order chi connectivity index (χ1) is 7.16. The molecule has 0 saturated carbocycles. The van der Waals surface area contributed by atoms with Crippen LogP contribution in [0.4, 0.5) is 0 Å². The van der Waals surface area contributed by atoms with Gasteiger partial charge in [0.15, 0.2) is 0 Å². The minimum Gasteiger partial charge on any atom is -0.385 e. The van der Waals surface area contributed by atoms with E-state index in [1.807, 2.05) is 13.0 Å². The maximum atomic E-state index is 6.18. The van der Waals surface area contributed by atoms with Gasteiger partial charge in [-0.3, -0.25) is 4.98 Å². The Balaban J connectivity index is 2.67. The van der Waals surface area contributed by atoms with Gasteiger partial charge in [0, 0.05) is 31.6 Å².